The Morgan fingerprint density at radius 1 is 1.38 bits per heavy atom. The number of rotatable bonds is 4. The molecule has 0 bridgehead atoms. The van der Waals surface area contributed by atoms with E-state index in [9.17, 15) is 0 Å². The van der Waals surface area contributed by atoms with Crippen LogP contribution in [0.25, 0.3) is 0 Å². The Morgan fingerprint density at radius 2 is 2.24 bits per heavy atom. The summed E-state index contributed by atoms with van der Waals surface area (Å²) in [7, 11) is 1.99. The summed E-state index contributed by atoms with van der Waals surface area (Å²) in [5.74, 6) is 1.57. The minimum atomic E-state index is 0.434. The van der Waals surface area contributed by atoms with Crippen molar-refractivity contribution in [2.75, 3.05) is 0 Å². The molecule has 0 spiro atoms. The summed E-state index contributed by atoms with van der Waals surface area (Å²) in [5.41, 5.74) is 4.41. The first-order valence-corrected chi connectivity index (χ1v) is 7.84. The maximum absolute atomic E-state index is 4.15. The first-order valence-electron chi connectivity index (χ1n) is 7.84. The minimum Gasteiger partial charge on any atom is -0.320 e. The summed E-state index contributed by atoms with van der Waals surface area (Å²) < 4.78 is 1.97. The summed E-state index contributed by atoms with van der Waals surface area (Å²) in [6, 6.07) is 7.44. The van der Waals surface area contributed by atoms with Crippen LogP contribution in [-0.2, 0) is 20.0 Å². The molecule has 21 heavy (non-hydrogen) atoms. The van der Waals surface area contributed by atoms with Crippen molar-refractivity contribution >= 4 is 0 Å². The Bertz CT molecular complexity index is 615. The van der Waals surface area contributed by atoms with E-state index in [0.717, 1.165) is 12.4 Å². The zero-order chi connectivity index (χ0) is 14.8. The molecule has 0 radical (unpaired) electrons. The molecule has 0 amide bonds. The lowest BCUT2D eigenvalue weighted by Gasteiger charge is -2.27. The Hall–Kier alpha value is -1.68. The highest BCUT2D eigenvalue weighted by molar-refractivity contribution is 5.37. The van der Waals surface area contributed by atoms with Crippen LogP contribution in [0, 0.1) is 0 Å². The highest BCUT2D eigenvalue weighted by atomic mass is 15.3. The van der Waals surface area contributed by atoms with Gasteiger partial charge in [0.2, 0.25) is 0 Å². The standard InChI is InChI=1S/C17H24N4/c1-12(2)14-8-7-13-5-4-6-16(15(13)9-14)18-10-17-20-19-11-21(17)3/h7-9,11-12,16,18H,4-6,10H2,1-3H3. The number of fused-ring (bicyclic) bond motifs is 1. The molecule has 1 N–H and O–H groups in total. The van der Waals surface area contributed by atoms with E-state index in [-0.39, 0.29) is 0 Å². The molecule has 4 heteroatoms. The normalized spacial score (nSPS) is 18.0. The molecule has 1 aliphatic rings. The van der Waals surface area contributed by atoms with Gasteiger partial charge < -0.3 is 9.88 Å². The predicted octanol–water partition coefficient (Wildman–Crippen LogP) is 3.11. The van der Waals surface area contributed by atoms with E-state index in [4.69, 9.17) is 0 Å². The first kappa shape index (κ1) is 14.3. The van der Waals surface area contributed by atoms with Gasteiger partial charge in [0.1, 0.15) is 12.2 Å². The predicted molar refractivity (Wildman–Crippen MR) is 84.1 cm³/mol. The quantitative estimate of drug-likeness (QED) is 0.938. The monoisotopic (exact) mass is 284 g/mol. The van der Waals surface area contributed by atoms with Gasteiger partial charge >= 0.3 is 0 Å². The molecule has 0 fully saturated rings. The molecule has 1 aliphatic carbocycles. The lowest BCUT2D eigenvalue weighted by molar-refractivity contribution is 0.448. The first-order chi connectivity index (χ1) is 10.1. The van der Waals surface area contributed by atoms with Gasteiger partial charge in [-0.05, 0) is 41.9 Å². The second-order valence-electron chi connectivity index (χ2n) is 6.30. The third kappa shape index (κ3) is 3.00. The summed E-state index contributed by atoms with van der Waals surface area (Å²) in [5, 5.41) is 11.8. The fourth-order valence-corrected chi connectivity index (χ4v) is 3.07. The Labute approximate surface area is 126 Å². The van der Waals surface area contributed by atoms with Crippen molar-refractivity contribution in [3.63, 3.8) is 0 Å². The van der Waals surface area contributed by atoms with Crippen LogP contribution in [0.5, 0.6) is 0 Å². The molecular formula is C17H24N4. The van der Waals surface area contributed by atoms with Crippen LogP contribution in [0.2, 0.25) is 0 Å². The summed E-state index contributed by atoms with van der Waals surface area (Å²) in [6.07, 6.45) is 5.41. The zero-order valence-corrected chi connectivity index (χ0v) is 13.1. The van der Waals surface area contributed by atoms with Crippen LogP contribution in [-0.4, -0.2) is 14.8 Å². The van der Waals surface area contributed by atoms with Gasteiger partial charge in [0.15, 0.2) is 0 Å². The number of nitrogens with one attached hydrogen (secondary N) is 1. The van der Waals surface area contributed by atoms with Crippen LogP contribution in [0.4, 0.5) is 0 Å². The van der Waals surface area contributed by atoms with Crippen molar-refractivity contribution in [2.24, 2.45) is 7.05 Å². The second kappa shape index (κ2) is 5.98. The van der Waals surface area contributed by atoms with Crippen molar-refractivity contribution in [3.05, 3.63) is 47.0 Å². The van der Waals surface area contributed by atoms with Gasteiger partial charge in [-0.15, -0.1) is 10.2 Å². The van der Waals surface area contributed by atoms with Crippen LogP contribution in [0.15, 0.2) is 24.5 Å². The Kier molecular flexibility index (Phi) is 4.06. The molecule has 1 aromatic carbocycles. The smallest absolute Gasteiger partial charge is 0.146 e. The van der Waals surface area contributed by atoms with Gasteiger partial charge in [0.25, 0.3) is 0 Å². The minimum absolute atomic E-state index is 0.434. The van der Waals surface area contributed by atoms with E-state index in [1.165, 1.54) is 36.0 Å². The molecule has 0 aliphatic heterocycles. The number of hydrogen-bond donors (Lipinski definition) is 1. The van der Waals surface area contributed by atoms with E-state index in [0.29, 0.717) is 12.0 Å². The second-order valence-corrected chi connectivity index (χ2v) is 6.30. The zero-order valence-electron chi connectivity index (χ0n) is 13.1. The largest absolute Gasteiger partial charge is 0.320 e. The number of nitrogens with zero attached hydrogens (tertiary/aromatic N) is 3. The van der Waals surface area contributed by atoms with Crippen molar-refractivity contribution in [3.8, 4) is 0 Å². The highest BCUT2D eigenvalue weighted by Crippen LogP contribution is 2.32. The number of hydrogen-bond acceptors (Lipinski definition) is 3. The van der Waals surface area contributed by atoms with Crippen molar-refractivity contribution in [2.45, 2.75) is 51.6 Å². The van der Waals surface area contributed by atoms with Crippen LogP contribution in [0.3, 0.4) is 0 Å². The van der Waals surface area contributed by atoms with Crippen LogP contribution >= 0.6 is 0 Å². The average molecular weight is 284 g/mol. The molecule has 1 atom stereocenters. The highest BCUT2D eigenvalue weighted by Gasteiger charge is 2.21. The number of benzene rings is 1. The van der Waals surface area contributed by atoms with E-state index in [2.05, 4.69) is 47.6 Å². The van der Waals surface area contributed by atoms with Gasteiger partial charge in [0.05, 0.1) is 6.54 Å². The SMILES string of the molecule is CC(C)c1ccc2c(c1)C(NCc1nncn1C)CCC2. The lowest BCUT2D eigenvalue weighted by Crippen LogP contribution is -2.26. The number of aromatic nitrogens is 3. The molecule has 0 saturated carbocycles. The van der Waals surface area contributed by atoms with Crippen molar-refractivity contribution in [1.82, 2.24) is 20.1 Å². The number of aryl methyl sites for hydroxylation is 2. The molecule has 4 nitrogen and oxygen atoms in total. The van der Waals surface area contributed by atoms with E-state index in [1.54, 1.807) is 6.33 Å². The van der Waals surface area contributed by atoms with Gasteiger partial charge in [-0.1, -0.05) is 32.0 Å². The maximum atomic E-state index is 4.15. The van der Waals surface area contributed by atoms with Gasteiger partial charge in [-0.2, -0.15) is 0 Å². The average Bonchev–Trinajstić information content (AvgIpc) is 2.89. The summed E-state index contributed by atoms with van der Waals surface area (Å²) in [6.45, 7) is 5.28. The van der Waals surface area contributed by atoms with Crippen molar-refractivity contribution in [1.29, 1.82) is 0 Å². The fourth-order valence-electron chi connectivity index (χ4n) is 3.07. The lowest BCUT2D eigenvalue weighted by atomic mass is 9.85. The molecule has 1 aromatic heterocycles. The topological polar surface area (TPSA) is 42.7 Å². The molecule has 0 saturated heterocycles. The van der Waals surface area contributed by atoms with Crippen LogP contribution in [0.1, 0.15) is 61.2 Å². The van der Waals surface area contributed by atoms with Gasteiger partial charge in [-0.25, -0.2) is 0 Å². The molecule has 1 heterocycles. The molecule has 3 rings (SSSR count). The van der Waals surface area contributed by atoms with E-state index < -0.39 is 0 Å². The maximum Gasteiger partial charge on any atom is 0.146 e. The Balaban J connectivity index is 1.79. The summed E-state index contributed by atoms with van der Waals surface area (Å²) >= 11 is 0. The molecule has 1 unspecified atom stereocenters. The van der Waals surface area contributed by atoms with Crippen LogP contribution < -0.4 is 5.32 Å². The molecule has 112 valence electrons. The molecule has 2 aromatic rings. The fraction of sp³-hybridized carbons (Fsp3) is 0.529. The Morgan fingerprint density at radius 3 is 2.95 bits per heavy atom. The van der Waals surface area contributed by atoms with E-state index >= 15 is 0 Å². The third-order valence-electron chi connectivity index (χ3n) is 4.46. The van der Waals surface area contributed by atoms with Crippen molar-refractivity contribution < 1.29 is 0 Å². The summed E-state index contributed by atoms with van der Waals surface area (Å²) in [4.78, 5) is 0. The van der Waals surface area contributed by atoms with Gasteiger partial charge in [0, 0.05) is 13.1 Å². The molecular weight excluding hydrogens is 260 g/mol. The van der Waals surface area contributed by atoms with Gasteiger partial charge in [-0.3, -0.25) is 0 Å². The third-order valence-corrected chi connectivity index (χ3v) is 4.46. The van der Waals surface area contributed by atoms with E-state index in [1.807, 2.05) is 11.6 Å².